The van der Waals surface area contributed by atoms with Gasteiger partial charge in [-0.15, -0.1) is 0 Å². The number of nitrogens with two attached hydrogens (primary N) is 1. The highest BCUT2D eigenvalue weighted by molar-refractivity contribution is 5.95. The highest BCUT2D eigenvalue weighted by Gasteiger charge is 2.06. The average Bonchev–Trinajstić information content (AvgIpc) is 2.53. The molecule has 2 rings (SSSR count). The molecule has 0 saturated heterocycles. The summed E-state index contributed by atoms with van der Waals surface area (Å²) in [7, 11) is 3.91. The van der Waals surface area contributed by atoms with Crippen LogP contribution in [0, 0.1) is 0 Å². The van der Waals surface area contributed by atoms with E-state index in [0.29, 0.717) is 18.7 Å². The van der Waals surface area contributed by atoms with Crippen LogP contribution in [0.4, 0.5) is 5.69 Å². The van der Waals surface area contributed by atoms with Gasteiger partial charge >= 0.3 is 0 Å². The number of nitrogens with zero attached hydrogens (tertiary/aromatic N) is 1. The number of carbonyl (C=O) groups excluding carboxylic acids is 1. The smallest absolute Gasteiger partial charge is 0.251 e. The Bertz CT molecular complexity index is 606. The average molecular weight is 283 g/mol. The van der Waals surface area contributed by atoms with Gasteiger partial charge in [0.25, 0.3) is 5.91 Å². The predicted octanol–water partition coefficient (Wildman–Crippen LogP) is 2.14. The molecule has 0 unspecified atom stereocenters. The highest BCUT2D eigenvalue weighted by atomic mass is 16.1. The summed E-state index contributed by atoms with van der Waals surface area (Å²) < 4.78 is 0. The van der Waals surface area contributed by atoms with Crippen LogP contribution in [-0.2, 0) is 13.1 Å². The maximum absolute atomic E-state index is 12.2. The first-order valence-electron chi connectivity index (χ1n) is 6.93. The van der Waals surface area contributed by atoms with Gasteiger partial charge < -0.3 is 16.0 Å². The lowest BCUT2D eigenvalue weighted by Crippen LogP contribution is -2.23. The molecule has 4 heteroatoms. The molecule has 0 bridgehead atoms. The first kappa shape index (κ1) is 15.1. The zero-order valence-corrected chi connectivity index (χ0v) is 12.5. The summed E-state index contributed by atoms with van der Waals surface area (Å²) in [5.41, 5.74) is 9.38. The molecular weight excluding hydrogens is 262 g/mol. The second-order valence-corrected chi connectivity index (χ2v) is 5.15. The normalized spacial score (nSPS) is 10.2. The molecule has 0 radical (unpaired) electrons. The summed E-state index contributed by atoms with van der Waals surface area (Å²) in [6, 6.07) is 15.5. The van der Waals surface area contributed by atoms with E-state index in [-0.39, 0.29) is 5.91 Å². The Labute approximate surface area is 125 Å². The fourth-order valence-corrected chi connectivity index (χ4v) is 2.00. The van der Waals surface area contributed by atoms with Crippen LogP contribution < -0.4 is 16.0 Å². The number of benzene rings is 2. The lowest BCUT2D eigenvalue weighted by atomic mass is 10.1. The topological polar surface area (TPSA) is 58.4 Å². The van der Waals surface area contributed by atoms with Crippen molar-refractivity contribution >= 4 is 11.6 Å². The van der Waals surface area contributed by atoms with E-state index in [1.807, 2.05) is 67.5 Å². The molecule has 3 N–H and O–H groups in total. The van der Waals surface area contributed by atoms with Crippen LogP contribution in [0.15, 0.2) is 48.5 Å². The van der Waals surface area contributed by atoms with Crippen molar-refractivity contribution in [2.45, 2.75) is 13.1 Å². The fraction of sp³-hybridized carbons (Fsp3) is 0.235. The van der Waals surface area contributed by atoms with Crippen molar-refractivity contribution in [3.8, 4) is 0 Å². The lowest BCUT2D eigenvalue weighted by Gasteiger charge is -2.13. The molecule has 0 aliphatic heterocycles. The number of carbonyl (C=O) groups is 1. The summed E-state index contributed by atoms with van der Waals surface area (Å²) in [5, 5.41) is 2.93. The van der Waals surface area contributed by atoms with Crippen LogP contribution in [-0.4, -0.2) is 20.0 Å². The molecule has 1 amide bonds. The third-order valence-corrected chi connectivity index (χ3v) is 3.34. The first-order chi connectivity index (χ1) is 10.1. The van der Waals surface area contributed by atoms with Gasteiger partial charge in [0.2, 0.25) is 0 Å². The quantitative estimate of drug-likeness (QED) is 0.884. The highest BCUT2D eigenvalue weighted by Crippen LogP contribution is 2.13. The summed E-state index contributed by atoms with van der Waals surface area (Å²) in [4.78, 5) is 14.1. The summed E-state index contributed by atoms with van der Waals surface area (Å²) in [6.07, 6.45) is 0. The number of amides is 1. The maximum Gasteiger partial charge on any atom is 0.251 e. The molecule has 110 valence electrons. The van der Waals surface area contributed by atoms with Crippen molar-refractivity contribution in [3.05, 3.63) is 65.2 Å². The lowest BCUT2D eigenvalue weighted by molar-refractivity contribution is 0.0951. The van der Waals surface area contributed by atoms with Crippen molar-refractivity contribution in [2.75, 3.05) is 19.0 Å². The van der Waals surface area contributed by atoms with E-state index in [1.54, 1.807) is 0 Å². The molecule has 0 heterocycles. The number of anilines is 1. The van der Waals surface area contributed by atoms with Gasteiger partial charge in [0.1, 0.15) is 0 Å². The molecule has 21 heavy (non-hydrogen) atoms. The number of hydrogen-bond acceptors (Lipinski definition) is 3. The van der Waals surface area contributed by atoms with E-state index in [4.69, 9.17) is 5.73 Å². The van der Waals surface area contributed by atoms with Crippen LogP contribution >= 0.6 is 0 Å². The molecule has 0 saturated carbocycles. The van der Waals surface area contributed by atoms with Gasteiger partial charge in [-0.3, -0.25) is 4.79 Å². The number of hydrogen-bond donors (Lipinski definition) is 2. The van der Waals surface area contributed by atoms with Gasteiger partial charge in [-0.05, 0) is 29.3 Å². The maximum atomic E-state index is 12.2. The zero-order valence-electron chi connectivity index (χ0n) is 12.5. The van der Waals surface area contributed by atoms with E-state index in [1.165, 1.54) is 0 Å². The molecule has 0 atom stereocenters. The Kier molecular flexibility index (Phi) is 4.95. The Morgan fingerprint density at radius 3 is 2.38 bits per heavy atom. The third kappa shape index (κ3) is 4.07. The molecular formula is C17H21N3O. The zero-order chi connectivity index (χ0) is 15.2. The van der Waals surface area contributed by atoms with Crippen LogP contribution in [0.2, 0.25) is 0 Å². The molecule has 4 nitrogen and oxygen atoms in total. The largest absolute Gasteiger partial charge is 0.378 e. The Morgan fingerprint density at radius 1 is 1.10 bits per heavy atom. The molecule has 0 aliphatic rings. The second kappa shape index (κ2) is 6.90. The van der Waals surface area contributed by atoms with E-state index < -0.39 is 0 Å². The predicted molar refractivity (Wildman–Crippen MR) is 86.3 cm³/mol. The summed E-state index contributed by atoms with van der Waals surface area (Å²) in [6.45, 7) is 1.04. The van der Waals surface area contributed by atoms with Gasteiger partial charge in [0, 0.05) is 38.4 Å². The Morgan fingerprint density at radius 2 is 1.76 bits per heavy atom. The molecule has 0 spiro atoms. The molecule has 0 fully saturated rings. The van der Waals surface area contributed by atoms with E-state index >= 15 is 0 Å². The minimum atomic E-state index is -0.0680. The molecule has 0 aliphatic carbocycles. The summed E-state index contributed by atoms with van der Waals surface area (Å²) >= 11 is 0. The second-order valence-electron chi connectivity index (χ2n) is 5.15. The minimum absolute atomic E-state index is 0.0680. The fourth-order valence-electron chi connectivity index (χ4n) is 2.00. The van der Waals surface area contributed by atoms with Gasteiger partial charge in [-0.2, -0.15) is 0 Å². The van der Waals surface area contributed by atoms with Crippen LogP contribution in [0.1, 0.15) is 21.5 Å². The van der Waals surface area contributed by atoms with Crippen LogP contribution in [0.25, 0.3) is 0 Å². The third-order valence-electron chi connectivity index (χ3n) is 3.34. The van der Waals surface area contributed by atoms with Gasteiger partial charge in [0.15, 0.2) is 0 Å². The van der Waals surface area contributed by atoms with Crippen LogP contribution in [0.3, 0.4) is 0 Å². The van der Waals surface area contributed by atoms with Gasteiger partial charge in [-0.25, -0.2) is 0 Å². The monoisotopic (exact) mass is 283 g/mol. The van der Waals surface area contributed by atoms with E-state index in [0.717, 1.165) is 16.8 Å². The first-order valence-corrected chi connectivity index (χ1v) is 6.93. The Hall–Kier alpha value is -2.33. The summed E-state index contributed by atoms with van der Waals surface area (Å²) in [5.74, 6) is -0.0680. The van der Waals surface area contributed by atoms with Crippen molar-refractivity contribution in [3.63, 3.8) is 0 Å². The minimum Gasteiger partial charge on any atom is -0.378 e. The SMILES string of the molecule is CN(C)c1cccc(C(=O)NCc2ccc(CN)cc2)c1. The van der Waals surface area contributed by atoms with E-state index in [2.05, 4.69) is 5.32 Å². The number of rotatable bonds is 5. The Balaban J connectivity index is 1.99. The van der Waals surface area contributed by atoms with E-state index in [9.17, 15) is 4.79 Å². The molecule has 0 aromatic heterocycles. The molecule has 2 aromatic rings. The van der Waals surface area contributed by atoms with Crippen molar-refractivity contribution < 1.29 is 4.79 Å². The van der Waals surface area contributed by atoms with Crippen molar-refractivity contribution in [1.82, 2.24) is 5.32 Å². The van der Waals surface area contributed by atoms with Crippen LogP contribution in [0.5, 0.6) is 0 Å². The van der Waals surface area contributed by atoms with Gasteiger partial charge in [0.05, 0.1) is 0 Å². The van der Waals surface area contributed by atoms with Crippen molar-refractivity contribution in [1.29, 1.82) is 0 Å². The van der Waals surface area contributed by atoms with Gasteiger partial charge in [-0.1, -0.05) is 30.3 Å². The van der Waals surface area contributed by atoms with Crippen molar-refractivity contribution in [2.24, 2.45) is 5.73 Å². The standard InChI is InChI=1S/C17H21N3O/c1-20(2)16-5-3-4-15(10-16)17(21)19-12-14-8-6-13(11-18)7-9-14/h3-10H,11-12,18H2,1-2H3,(H,19,21). The molecule has 2 aromatic carbocycles. The number of nitrogens with one attached hydrogen (secondary N) is 1.